The van der Waals surface area contributed by atoms with E-state index >= 15 is 0 Å². The number of hydrogen-bond donors (Lipinski definition) is 0. The number of Topliss-reactive ketones (excluding diaryl/α,β-unsaturated/α-hetero) is 2. The summed E-state index contributed by atoms with van der Waals surface area (Å²) in [6.45, 7) is 2.07. The van der Waals surface area contributed by atoms with Gasteiger partial charge in [-0.05, 0) is 23.6 Å². The van der Waals surface area contributed by atoms with Crippen molar-refractivity contribution in [2.45, 2.75) is 13.3 Å². The summed E-state index contributed by atoms with van der Waals surface area (Å²) in [7, 11) is 0. The Hall–Kier alpha value is -2.81. The number of aryl methyl sites for hydroxylation is 1. The summed E-state index contributed by atoms with van der Waals surface area (Å²) in [5, 5.41) is 0. The number of rotatable bonds is 4. The molecule has 1 aliphatic rings. The van der Waals surface area contributed by atoms with Gasteiger partial charge < -0.3 is 0 Å². The highest BCUT2D eigenvalue weighted by Crippen LogP contribution is 2.27. The van der Waals surface area contributed by atoms with E-state index in [1.54, 1.807) is 30.3 Å². The second-order valence-electron chi connectivity index (χ2n) is 5.54. The summed E-state index contributed by atoms with van der Waals surface area (Å²) in [6.07, 6.45) is 3.92. The van der Waals surface area contributed by atoms with Gasteiger partial charge in [0.2, 0.25) is 0 Å². The first-order valence-electron chi connectivity index (χ1n) is 7.60. The van der Waals surface area contributed by atoms with Crippen LogP contribution in [0.1, 0.15) is 38.8 Å². The Morgan fingerprint density at radius 1 is 0.957 bits per heavy atom. The van der Waals surface area contributed by atoms with Crippen LogP contribution in [0.5, 0.6) is 0 Å². The summed E-state index contributed by atoms with van der Waals surface area (Å²) in [5.41, 5.74) is 2.77. The number of hydrogen-bond acceptors (Lipinski definition) is 3. The predicted molar refractivity (Wildman–Crippen MR) is 88.5 cm³/mol. The average Bonchev–Trinajstić information content (AvgIpc) is 2.85. The molecule has 1 aliphatic carbocycles. The van der Waals surface area contributed by atoms with Crippen LogP contribution in [-0.4, -0.2) is 17.3 Å². The van der Waals surface area contributed by atoms with Crippen LogP contribution in [0, 0.1) is 5.92 Å². The van der Waals surface area contributed by atoms with Gasteiger partial charge in [-0.25, -0.2) is 0 Å². The molecule has 0 saturated heterocycles. The Labute approximate surface area is 134 Å². The van der Waals surface area contributed by atoms with Crippen LogP contribution in [0.3, 0.4) is 0 Å². The molecule has 0 fully saturated rings. The van der Waals surface area contributed by atoms with Crippen molar-refractivity contribution >= 4 is 23.4 Å². The molecule has 0 amide bonds. The number of ketones is 3. The van der Waals surface area contributed by atoms with E-state index < -0.39 is 23.3 Å². The van der Waals surface area contributed by atoms with Crippen molar-refractivity contribution in [3.63, 3.8) is 0 Å². The van der Waals surface area contributed by atoms with Gasteiger partial charge in [-0.15, -0.1) is 0 Å². The highest BCUT2D eigenvalue weighted by Gasteiger charge is 2.41. The first-order valence-corrected chi connectivity index (χ1v) is 7.60. The minimum atomic E-state index is -1.22. The predicted octanol–water partition coefficient (Wildman–Crippen LogP) is 3.53. The Balaban J connectivity index is 1.80. The fourth-order valence-corrected chi connectivity index (χ4v) is 2.74. The van der Waals surface area contributed by atoms with Gasteiger partial charge in [-0.1, -0.05) is 61.5 Å². The van der Waals surface area contributed by atoms with Crippen LogP contribution in [-0.2, 0) is 11.2 Å². The topological polar surface area (TPSA) is 51.2 Å². The zero-order chi connectivity index (χ0) is 16.4. The third-order valence-electron chi connectivity index (χ3n) is 4.09. The molecule has 0 spiro atoms. The maximum atomic E-state index is 12.3. The Kier molecular flexibility index (Phi) is 4.02. The minimum absolute atomic E-state index is 0.344. The molecule has 0 unspecified atom stereocenters. The lowest BCUT2D eigenvalue weighted by molar-refractivity contribution is -0.115. The third-order valence-corrected chi connectivity index (χ3v) is 4.09. The minimum Gasteiger partial charge on any atom is -0.294 e. The molecule has 114 valence electrons. The summed E-state index contributed by atoms with van der Waals surface area (Å²) >= 11 is 0. The van der Waals surface area contributed by atoms with Gasteiger partial charge in [0.25, 0.3) is 0 Å². The second-order valence-corrected chi connectivity index (χ2v) is 5.54. The van der Waals surface area contributed by atoms with Crippen LogP contribution >= 0.6 is 0 Å². The highest BCUT2D eigenvalue weighted by molar-refractivity contribution is 6.37. The summed E-state index contributed by atoms with van der Waals surface area (Å²) in [5.74, 6) is -2.49. The van der Waals surface area contributed by atoms with Gasteiger partial charge in [0, 0.05) is 11.1 Å². The lowest BCUT2D eigenvalue weighted by Crippen LogP contribution is -2.23. The molecule has 0 heterocycles. The fourth-order valence-electron chi connectivity index (χ4n) is 2.74. The van der Waals surface area contributed by atoms with Crippen LogP contribution in [0.15, 0.2) is 54.6 Å². The van der Waals surface area contributed by atoms with Crippen LogP contribution in [0.4, 0.5) is 0 Å². The Morgan fingerprint density at radius 2 is 1.52 bits per heavy atom. The maximum Gasteiger partial charge on any atom is 0.182 e. The second kappa shape index (κ2) is 6.13. The van der Waals surface area contributed by atoms with Crippen molar-refractivity contribution in [3.8, 4) is 0 Å². The monoisotopic (exact) mass is 304 g/mol. The molecule has 0 bridgehead atoms. The molecule has 3 rings (SSSR count). The number of allylic oxidation sites excluding steroid dienone is 1. The normalized spacial score (nSPS) is 14.5. The number of carbonyl (C=O) groups is 3. The first-order chi connectivity index (χ1) is 11.1. The first kappa shape index (κ1) is 15.1. The van der Waals surface area contributed by atoms with Crippen LogP contribution in [0.25, 0.3) is 6.08 Å². The van der Waals surface area contributed by atoms with Crippen molar-refractivity contribution in [2.75, 3.05) is 0 Å². The molecule has 0 saturated carbocycles. The van der Waals surface area contributed by atoms with Gasteiger partial charge in [0.1, 0.15) is 5.92 Å². The highest BCUT2D eigenvalue weighted by atomic mass is 16.2. The average molecular weight is 304 g/mol. The SMILES string of the molecule is CCc1ccc(C=CC(=O)C2C(=O)c3ccccc3C2=O)cc1. The lowest BCUT2D eigenvalue weighted by atomic mass is 9.97. The van der Waals surface area contributed by atoms with Gasteiger partial charge in [0.15, 0.2) is 17.3 Å². The molecule has 0 aliphatic heterocycles. The van der Waals surface area contributed by atoms with Crippen molar-refractivity contribution in [2.24, 2.45) is 5.92 Å². The van der Waals surface area contributed by atoms with E-state index in [2.05, 4.69) is 6.92 Å². The van der Waals surface area contributed by atoms with Crippen molar-refractivity contribution < 1.29 is 14.4 Å². The molecular formula is C20H16O3. The third kappa shape index (κ3) is 2.78. The van der Waals surface area contributed by atoms with Crippen molar-refractivity contribution in [1.82, 2.24) is 0 Å². The van der Waals surface area contributed by atoms with E-state index in [1.807, 2.05) is 24.3 Å². The molecule has 3 heteroatoms. The van der Waals surface area contributed by atoms with E-state index in [-0.39, 0.29) is 0 Å². The molecule has 3 nitrogen and oxygen atoms in total. The van der Waals surface area contributed by atoms with Crippen molar-refractivity contribution in [3.05, 3.63) is 76.9 Å². The van der Waals surface area contributed by atoms with E-state index in [0.29, 0.717) is 11.1 Å². The molecular weight excluding hydrogens is 288 g/mol. The zero-order valence-electron chi connectivity index (χ0n) is 12.8. The van der Waals surface area contributed by atoms with Gasteiger partial charge in [-0.3, -0.25) is 14.4 Å². The Morgan fingerprint density at radius 3 is 2.04 bits per heavy atom. The lowest BCUT2D eigenvalue weighted by Gasteiger charge is -2.01. The molecule has 2 aromatic carbocycles. The number of carbonyl (C=O) groups excluding carboxylic acids is 3. The van der Waals surface area contributed by atoms with E-state index in [4.69, 9.17) is 0 Å². The molecule has 23 heavy (non-hydrogen) atoms. The quantitative estimate of drug-likeness (QED) is 0.641. The van der Waals surface area contributed by atoms with E-state index in [1.165, 1.54) is 11.6 Å². The number of benzene rings is 2. The van der Waals surface area contributed by atoms with E-state index in [9.17, 15) is 14.4 Å². The standard InChI is InChI=1S/C20H16O3/c1-2-13-7-9-14(10-8-13)11-12-17(21)18-19(22)15-5-3-4-6-16(15)20(18)23/h3-12,18H,2H2,1H3. The summed E-state index contributed by atoms with van der Waals surface area (Å²) in [6, 6.07) is 14.4. The van der Waals surface area contributed by atoms with Crippen molar-refractivity contribution in [1.29, 1.82) is 0 Å². The van der Waals surface area contributed by atoms with E-state index in [0.717, 1.165) is 12.0 Å². The fraction of sp³-hybridized carbons (Fsp3) is 0.150. The molecule has 0 radical (unpaired) electrons. The Bertz CT molecular complexity index is 778. The number of fused-ring (bicyclic) bond motifs is 1. The zero-order valence-corrected chi connectivity index (χ0v) is 12.8. The largest absolute Gasteiger partial charge is 0.294 e. The molecule has 0 N–H and O–H groups in total. The maximum absolute atomic E-state index is 12.3. The van der Waals surface area contributed by atoms with Gasteiger partial charge in [0.05, 0.1) is 0 Å². The smallest absolute Gasteiger partial charge is 0.182 e. The van der Waals surface area contributed by atoms with Gasteiger partial charge >= 0.3 is 0 Å². The van der Waals surface area contributed by atoms with Crippen LogP contribution in [0.2, 0.25) is 0 Å². The summed E-state index contributed by atoms with van der Waals surface area (Å²) in [4.78, 5) is 36.8. The van der Waals surface area contributed by atoms with Crippen LogP contribution < -0.4 is 0 Å². The molecule has 2 aromatic rings. The molecule has 0 aromatic heterocycles. The molecule has 0 atom stereocenters. The van der Waals surface area contributed by atoms with Gasteiger partial charge in [-0.2, -0.15) is 0 Å². The summed E-state index contributed by atoms with van der Waals surface area (Å²) < 4.78 is 0.